The second-order valence-electron chi connectivity index (χ2n) is 9.31. The molecule has 0 saturated carbocycles. The van der Waals surface area contributed by atoms with E-state index >= 15 is 0 Å². The molecule has 38 heavy (non-hydrogen) atoms. The van der Waals surface area contributed by atoms with Crippen molar-refractivity contribution < 1.29 is 4.39 Å². The number of H-pyrrole nitrogens is 2. The third kappa shape index (κ3) is 5.12. The van der Waals surface area contributed by atoms with Crippen molar-refractivity contribution in [1.82, 2.24) is 25.1 Å². The highest BCUT2D eigenvalue weighted by atomic mass is 19.1. The van der Waals surface area contributed by atoms with Gasteiger partial charge in [-0.05, 0) is 74.1 Å². The van der Waals surface area contributed by atoms with E-state index in [2.05, 4.69) is 54.1 Å². The van der Waals surface area contributed by atoms with Crippen LogP contribution in [0.2, 0.25) is 0 Å². The van der Waals surface area contributed by atoms with E-state index in [9.17, 15) is 4.39 Å². The molecule has 0 fully saturated rings. The number of fused-ring (bicyclic) bond motifs is 2. The summed E-state index contributed by atoms with van der Waals surface area (Å²) in [5, 5.41) is 12.8. The first kappa shape index (κ1) is 25.1. The minimum absolute atomic E-state index is 0.277. The number of aliphatic imine (C=N–C) groups is 1. The van der Waals surface area contributed by atoms with Crippen LogP contribution in [-0.2, 0) is 0 Å². The zero-order valence-corrected chi connectivity index (χ0v) is 21.7. The smallest absolute Gasteiger partial charge is 0.181 e. The molecule has 0 aliphatic rings. The van der Waals surface area contributed by atoms with E-state index < -0.39 is 0 Å². The lowest BCUT2D eigenvalue weighted by Gasteiger charge is -2.13. The van der Waals surface area contributed by atoms with Crippen molar-refractivity contribution in [1.29, 1.82) is 0 Å². The van der Waals surface area contributed by atoms with Crippen molar-refractivity contribution in [2.45, 2.75) is 6.92 Å². The lowest BCUT2D eigenvalue weighted by molar-refractivity contribution is 0.425. The molecule has 0 aliphatic heterocycles. The topological polar surface area (TPSA) is 85.0 Å². The molecule has 0 unspecified atom stereocenters. The van der Waals surface area contributed by atoms with Gasteiger partial charge in [0.15, 0.2) is 5.65 Å². The van der Waals surface area contributed by atoms with Gasteiger partial charge in [0.25, 0.3) is 0 Å². The minimum atomic E-state index is -0.277. The molecule has 3 heterocycles. The minimum Gasteiger partial charge on any atom is -0.384 e. The van der Waals surface area contributed by atoms with E-state index in [4.69, 9.17) is 0 Å². The third-order valence-corrected chi connectivity index (χ3v) is 6.40. The fraction of sp³-hybridized carbons (Fsp3) is 0.167. The highest BCUT2D eigenvalue weighted by Crippen LogP contribution is 2.35. The maximum atomic E-state index is 14.6. The van der Waals surface area contributed by atoms with Gasteiger partial charge < -0.3 is 15.2 Å². The Bertz CT molecular complexity index is 1670. The monoisotopic (exact) mass is 507 g/mol. The van der Waals surface area contributed by atoms with Gasteiger partial charge in [-0.25, -0.2) is 9.37 Å². The van der Waals surface area contributed by atoms with E-state index in [-0.39, 0.29) is 5.82 Å². The summed E-state index contributed by atoms with van der Waals surface area (Å²) >= 11 is 0. The quantitative estimate of drug-likeness (QED) is 0.199. The first-order valence-corrected chi connectivity index (χ1v) is 12.4. The van der Waals surface area contributed by atoms with Gasteiger partial charge in [-0.15, -0.1) is 0 Å². The van der Waals surface area contributed by atoms with Crippen LogP contribution in [0.15, 0.2) is 78.6 Å². The number of hydrogen-bond acceptors (Lipinski definition) is 5. The normalized spacial score (nSPS) is 12.3. The Morgan fingerprint density at radius 3 is 2.82 bits per heavy atom. The molecule has 5 aromatic rings. The largest absolute Gasteiger partial charge is 0.384 e. The number of benzene rings is 2. The molecule has 3 N–H and O–H groups in total. The Kier molecular flexibility index (Phi) is 7.15. The van der Waals surface area contributed by atoms with E-state index in [0.29, 0.717) is 5.65 Å². The molecule has 0 spiro atoms. The number of likely N-dealkylation sites (N-methyl/N-ethyl adjacent to an activating group) is 1. The van der Waals surface area contributed by atoms with Crippen molar-refractivity contribution in [3.63, 3.8) is 0 Å². The van der Waals surface area contributed by atoms with Gasteiger partial charge in [0.1, 0.15) is 5.82 Å². The van der Waals surface area contributed by atoms with Crippen LogP contribution >= 0.6 is 0 Å². The molecule has 7 nitrogen and oxygen atoms in total. The number of rotatable bonds is 9. The average Bonchev–Trinajstić information content (AvgIpc) is 3.52. The summed E-state index contributed by atoms with van der Waals surface area (Å²) in [6.45, 7) is 7.19. The van der Waals surface area contributed by atoms with Gasteiger partial charge in [0, 0.05) is 59.2 Å². The van der Waals surface area contributed by atoms with Crippen molar-refractivity contribution in [3.8, 4) is 22.5 Å². The second-order valence-corrected chi connectivity index (χ2v) is 9.31. The van der Waals surface area contributed by atoms with Crippen LogP contribution in [0.3, 0.4) is 0 Å². The molecule has 0 atom stereocenters. The zero-order valence-electron chi connectivity index (χ0n) is 21.7. The van der Waals surface area contributed by atoms with Gasteiger partial charge in [0.2, 0.25) is 0 Å². The summed E-state index contributed by atoms with van der Waals surface area (Å²) in [5.41, 5.74) is 7.65. The van der Waals surface area contributed by atoms with E-state index in [1.54, 1.807) is 18.5 Å². The van der Waals surface area contributed by atoms with Gasteiger partial charge in [0.05, 0.1) is 11.4 Å². The Morgan fingerprint density at radius 2 is 2.03 bits per heavy atom. The maximum absolute atomic E-state index is 14.6. The highest BCUT2D eigenvalue weighted by molar-refractivity contribution is 6.11. The number of halogens is 1. The Labute approximate surface area is 220 Å². The first-order valence-electron chi connectivity index (χ1n) is 12.4. The number of nitrogens with one attached hydrogen (secondary N) is 3. The first-order chi connectivity index (χ1) is 18.5. The van der Waals surface area contributed by atoms with E-state index in [0.717, 1.165) is 68.7 Å². The van der Waals surface area contributed by atoms with Gasteiger partial charge in [-0.1, -0.05) is 24.8 Å². The number of nitrogens with zero attached hydrogens (tertiary/aromatic N) is 4. The zero-order chi connectivity index (χ0) is 26.6. The molecular formula is C30H30FN7. The van der Waals surface area contributed by atoms with Crippen LogP contribution in [0.1, 0.15) is 12.5 Å². The van der Waals surface area contributed by atoms with E-state index in [1.807, 2.05) is 51.4 Å². The number of aromatic nitrogens is 4. The third-order valence-electron chi connectivity index (χ3n) is 6.40. The van der Waals surface area contributed by atoms with E-state index in [1.165, 1.54) is 12.3 Å². The summed E-state index contributed by atoms with van der Waals surface area (Å²) in [6, 6.07) is 15.2. The summed E-state index contributed by atoms with van der Waals surface area (Å²) in [6.07, 6.45) is 7.03. The van der Waals surface area contributed by atoms with Crippen molar-refractivity contribution >= 4 is 39.4 Å². The molecular weight excluding hydrogens is 477 g/mol. The molecule has 3 aromatic heterocycles. The van der Waals surface area contributed by atoms with Gasteiger partial charge in [-0.3, -0.25) is 10.1 Å². The number of allylic oxidation sites excluding steroid dienone is 2. The van der Waals surface area contributed by atoms with Crippen LogP contribution in [0, 0.1) is 5.82 Å². The van der Waals surface area contributed by atoms with Gasteiger partial charge >= 0.3 is 0 Å². The van der Waals surface area contributed by atoms with Crippen molar-refractivity contribution in [3.05, 3.63) is 85.0 Å². The molecule has 5 rings (SSSR count). The molecule has 8 heteroatoms. The predicted octanol–water partition coefficient (Wildman–Crippen LogP) is 6.50. The Hall–Kier alpha value is -4.56. The molecule has 0 amide bonds. The molecule has 2 aromatic carbocycles. The van der Waals surface area contributed by atoms with Crippen molar-refractivity contribution in [2.24, 2.45) is 4.99 Å². The summed E-state index contributed by atoms with van der Waals surface area (Å²) in [5.74, 6) is -0.277. The predicted molar refractivity (Wildman–Crippen MR) is 156 cm³/mol. The summed E-state index contributed by atoms with van der Waals surface area (Å²) < 4.78 is 14.6. The second kappa shape index (κ2) is 10.8. The molecule has 0 saturated heterocycles. The number of hydrogen-bond donors (Lipinski definition) is 3. The Balaban J connectivity index is 1.55. The SMILES string of the molecule is C=CN=C/C(=C\C)c1cnc2n[nH]c(-c3cc4c(-c5cc(F)cc(NCCN(C)C)c5)cccc4[nH]3)c2c1. The standard InChI is InChI=1S/C30H30FN7/c1-5-19(17-32-6-2)21-14-26-29(36-37-30(26)34-18-21)28-16-25-24(8-7-9-27(25)35-28)20-12-22(31)15-23(13-20)33-10-11-38(3)4/h5-9,12-18,33,35H,2,10-11H2,1,3-4H3,(H,34,36,37)/b19-5+,32-17?. The molecule has 0 aliphatic carbocycles. The van der Waals surface area contributed by atoms with Crippen LogP contribution in [0.5, 0.6) is 0 Å². The molecule has 0 radical (unpaired) electrons. The van der Waals surface area contributed by atoms with Crippen LogP contribution in [-0.4, -0.2) is 58.5 Å². The molecule has 192 valence electrons. The van der Waals surface area contributed by atoms with Crippen LogP contribution < -0.4 is 5.32 Å². The van der Waals surface area contributed by atoms with Crippen molar-refractivity contribution in [2.75, 3.05) is 32.5 Å². The molecule has 0 bridgehead atoms. The Morgan fingerprint density at radius 1 is 1.16 bits per heavy atom. The average molecular weight is 508 g/mol. The van der Waals surface area contributed by atoms with Crippen LogP contribution in [0.25, 0.3) is 50.0 Å². The van der Waals surface area contributed by atoms with Gasteiger partial charge in [-0.2, -0.15) is 5.10 Å². The van der Waals surface area contributed by atoms with Crippen LogP contribution in [0.4, 0.5) is 10.1 Å². The number of pyridine rings is 1. The maximum Gasteiger partial charge on any atom is 0.181 e. The summed E-state index contributed by atoms with van der Waals surface area (Å²) in [4.78, 5) is 14.3. The lowest BCUT2D eigenvalue weighted by atomic mass is 10.0. The number of aromatic amines is 2. The fourth-order valence-electron chi connectivity index (χ4n) is 4.52. The fourth-order valence-corrected chi connectivity index (χ4v) is 4.52. The number of anilines is 1. The lowest BCUT2D eigenvalue weighted by Crippen LogP contribution is -2.20. The highest BCUT2D eigenvalue weighted by Gasteiger charge is 2.15. The summed E-state index contributed by atoms with van der Waals surface area (Å²) in [7, 11) is 4.03.